The summed E-state index contributed by atoms with van der Waals surface area (Å²) in [5.74, 6) is -0.631. The molecule has 1 amide bonds. The van der Waals surface area contributed by atoms with Crippen LogP contribution in [0.3, 0.4) is 0 Å². The number of phenols is 1. The molecule has 130 valence electrons. The summed E-state index contributed by atoms with van der Waals surface area (Å²) in [6.45, 7) is 2.18. The first kappa shape index (κ1) is 19.3. The number of carbonyl (C=O) groups is 1. The van der Waals surface area contributed by atoms with E-state index < -0.39 is 11.5 Å². The summed E-state index contributed by atoms with van der Waals surface area (Å²) in [5.41, 5.74) is 3.95. The van der Waals surface area contributed by atoms with Gasteiger partial charge < -0.3 is 20.7 Å². The van der Waals surface area contributed by atoms with Crippen molar-refractivity contribution in [1.29, 1.82) is 0 Å². The molecule has 23 heavy (non-hydrogen) atoms. The number of hydrogen-bond acceptors (Lipinski definition) is 4. The largest absolute Gasteiger partial charge is 0.504 e. The molecule has 0 saturated carbocycles. The smallest absolute Gasteiger partial charge is 0.254 e. The Hall–Kier alpha value is -1.75. The molecular formula is C18H29NO4. The van der Waals surface area contributed by atoms with Gasteiger partial charge in [-0.1, -0.05) is 51.5 Å². The molecule has 0 aromatic heterocycles. The lowest BCUT2D eigenvalue weighted by atomic mass is 9.87. The van der Waals surface area contributed by atoms with E-state index in [2.05, 4.69) is 6.92 Å². The lowest BCUT2D eigenvalue weighted by molar-refractivity contribution is -0.138. The van der Waals surface area contributed by atoms with Crippen molar-refractivity contribution in [2.45, 2.75) is 63.9 Å². The molecule has 0 radical (unpaired) electrons. The topological polar surface area (TPSA) is 92.8 Å². The van der Waals surface area contributed by atoms with Crippen molar-refractivity contribution in [3.8, 4) is 11.5 Å². The number of nitrogens with two attached hydrogens (primary N) is 1. The van der Waals surface area contributed by atoms with E-state index in [1.165, 1.54) is 44.9 Å². The van der Waals surface area contributed by atoms with E-state index in [0.717, 1.165) is 12.8 Å². The van der Waals surface area contributed by atoms with Crippen molar-refractivity contribution in [3.05, 3.63) is 23.8 Å². The molecule has 0 spiro atoms. The third kappa shape index (κ3) is 5.43. The highest BCUT2D eigenvalue weighted by Gasteiger charge is 2.35. The maximum atomic E-state index is 11.8. The quantitative estimate of drug-likeness (QED) is 0.545. The number of unbranched alkanes of at least 4 members (excludes halogenated alkanes) is 6. The van der Waals surface area contributed by atoms with Crippen LogP contribution in [0, 0.1) is 0 Å². The van der Waals surface area contributed by atoms with Gasteiger partial charge in [0.1, 0.15) is 0 Å². The fourth-order valence-electron chi connectivity index (χ4n) is 2.69. The maximum absolute atomic E-state index is 11.8. The van der Waals surface area contributed by atoms with Crippen LogP contribution in [0.5, 0.6) is 11.5 Å². The summed E-state index contributed by atoms with van der Waals surface area (Å²) < 4.78 is 4.97. The van der Waals surface area contributed by atoms with E-state index in [1.54, 1.807) is 6.07 Å². The fraction of sp³-hybridized carbons (Fsp3) is 0.611. The molecule has 0 heterocycles. The normalized spacial score (nSPS) is 13.5. The molecule has 0 saturated heterocycles. The first-order chi connectivity index (χ1) is 11.0. The number of aliphatic hydroxyl groups is 1. The van der Waals surface area contributed by atoms with Crippen LogP contribution in [0.25, 0.3) is 0 Å². The summed E-state index contributed by atoms with van der Waals surface area (Å²) in [6.07, 6.45) is 7.85. The van der Waals surface area contributed by atoms with E-state index in [9.17, 15) is 15.0 Å². The Morgan fingerprint density at radius 2 is 1.78 bits per heavy atom. The summed E-state index contributed by atoms with van der Waals surface area (Å²) in [4.78, 5) is 11.8. The van der Waals surface area contributed by atoms with Crippen LogP contribution in [0.15, 0.2) is 18.2 Å². The van der Waals surface area contributed by atoms with Gasteiger partial charge in [-0.25, -0.2) is 0 Å². The SMILES string of the molecule is CCCCCCCCCC(O)(C(N)=O)c1ccc(OC)c(O)c1. The third-order valence-corrected chi connectivity index (χ3v) is 4.21. The standard InChI is InChI=1S/C18H29NO4/c1-3-4-5-6-7-8-9-12-18(22,17(19)21)14-10-11-16(23-2)15(20)13-14/h10-11,13,20,22H,3-9,12H2,1-2H3,(H2,19,21). The molecule has 5 nitrogen and oxygen atoms in total. The zero-order chi connectivity index (χ0) is 17.3. The maximum Gasteiger partial charge on any atom is 0.254 e. The lowest BCUT2D eigenvalue weighted by Gasteiger charge is -2.25. The summed E-state index contributed by atoms with van der Waals surface area (Å²) in [5, 5.41) is 20.5. The molecule has 1 rings (SSSR count). The number of rotatable bonds is 11. The summed E-state index contributed by atoms with van der Waals surface area (Å²) >= 11 is 0. The summed E-state index contributed by atoms with van der Waals surface area (Å²) in [6, 6.07) is 4.42. The number of methoxy groups -OCH3 is 1. The minimum absolute atomic E-state index is 0.121. The molecule has 0 fully saturated rings. The number of benzene rings is 1. The zero-order valence-corrected chi connectivity index (χ0v) is 14.2. The van der Waals surface area contributed by atoms with Gasteiger partial charge in [-0.15, -0.1) is 0 Å². The number of ether oxygens (including phenoxy) is 1. The molecule has 1 aromatic carbocycles. The number of aromatic hydroxyl groups is 1. The fourth-order valence-corrected chi connectivity index (χ4v) is 2.69. The second-order valence-electron chi connectivity index (χ2n) is 5.98. The second kappa shape index (κ2) is 9.40. The third-order valence-electron chi connectivity index (χ3n) is 4.21. The van der Waals surface area contributed by atoms with Gasteiger partial charge in [0, 0.05) is 0 Å². The van der Waals surface area contributed by atoms with Gasteiger partial charge in [-0.3, -0.25) is 4.79 Å². The van der Waals surface area contributed by atoms with Gasteiger partial charge in [0.25, 0.3) is 5.91 Å². The number of primary amides is 1. The Balaban J connectivity index is 2.65. The van der Waals surface area contributed by atoms with Crippen molar-refractivity contribution in [3.63, 3.8) is 0 Å². The molecular weight excluding hydrogens is 294 g/mol. The Kier molecular flexibility index (Phi) is 7.89. The summed E-state index contributed by atoms with van der Waals surface area (Å²) in [7, 11) is 1.44. The average molecular weight is 323 g/mol. The first-order valence-electron chi connectivity index (χ1n) is 8.35. The molecule has 0 aliphatic rings. The number of phenolic OH excluding ortho intramolecular Hbond substituents is 1. The van der Waals surface area contributed by atoms with E-state index in [0.29, 0.717) is 12.0 Å². The van der Waals surface area contributed by atoms with Crippen molar-refractivity contribution < 1.29 is 19.7 Å². The highest BCUT2D eigenvalue weighted by molar-refractivity contribution is 5.84. The van der Waals surface area contributed by atoms with Gasteiger partial charge in [-0.05, 0) is 30.5 Å². The molecule has 5 heteroatoms. The van der Waals surface area contributed by atoms with Crippen molar-refractivity contribution >= 4 is 5.91 Å². The molecule has 4 N–H and O–H groups in total. The van der Waals surface area contributed by atoms with Crippen molar-refractivity contribution in [2.75, 3.05) is 7.11 Å². The van der Waals surface area contributed by atoms with Crippen LogP contribution < -0.4 is 10.5 Å². The van der Waals surface area contributed by atoms with E-state index in [-0.39, 0.29) is 17.9 Å². The average Bonchev–Trinajstić information content (AvgIpc) is 2.53. The van der Waals surface area contributed by atoms with Crippen LogP contribution >= 0.6 is 0 Å². The monoisotopic (exact) mass is 323 g/mol. The minimum atomic E-state index is -1.76. The number of carbonyl (C=O) groups excluding carboxylic acids is 1. The van der Waals surface area contributed by atoms with Crippen LogP contribution in [-0.4, -0.2) is 23.2 Å². The Morgan fingerprint density at radius 1 is 1.17 bits per heavy atom. The van der Waals surface area contributed by atoms with Crippen molar-refractivity contribution in [1.82, 2.24) is 0 Å². The van der Waals surface area contributed by atoms with Crippen LogP contribution in [-0.2, 0) is 10.4 Å². The lowest BCUT2D eigenvalue weighted by Crippen LogP contribution is -2.41. The molecule has 1 atom stereocenters. The molecule has 1 unspecified atom stereocenters. The van der Waals surface area contributed by atoms with Gasteiger partial charge in [-0.2, -0.15) is 0 Å². The zero-order valence-electron chi connectivity index (χ0n) is 14.2. The van der Waals surface area contributed by atoms with Gasteiger partial charge >= 0.3 is 0 Å². The van der Waals surface area contributed by atoms with E-state index >= 15 is 0 Å². The van der Waals surface area contributed by atoms with E-state index in [1.807, 2.05) is 0 Å². The Morgan fingerprint density at radius 3 is 2.30 bits per heavy atom. The first-order valence-corrected chi connectivity index (χ1v) is 8.35. The molecule has 1 aromatic rings. The van der Waals surface area contributed by atoms with Crippen LogP contribution in [0.1, 0.15) is 63.9 Å². The predicted octanol–water partition coefficient (Wildman–Crippen LogP) is 3.21. The van der Waals surface area contributed by atoms with Crippen molar-refractivity contribution in [2.24, 2.45) is 5.73 Å². The number of amides is 1. The van der Waals surface area contributed by atoms with Gasteiger partial charge in [0.2, 0.25) is 0 Å². The van der Waals surface area contributed by atoms with E-state index in [4.69, 9.17) is 10.5 Å². The second-order valence-corrected chi connectivity index (χ2v) is 5.98. The van der Waals surface area contributed by atoms with Crippen LogP contribution in [0.4, 0.5) is 0 Å². The number of hydrogen-bond donors (Lipinski definition) is 3. The Labute approximate surface area is 138 Å². The Bertz CT molecular complexity index is 504. The highest BCUT2D eigenvalue weighted by atomic mass is 16.5. The minimum Gasteiger partial charge on any atom is -0.504 e. The molecule has 0 aliphatic carbocycles. The highest BCUT2D eigenvalue weighted by Crippen LogP contribution is 2.34. The van der Waals surface area contributed by atoms with Gasteiger partial charge in [0.15, 0.2) is 17.1 Å². The van der Waals surface area contributed by atoms with Crippen LogP contribution in [0.2, 0.25) is 0 Å². The predicted molar refractivity (Wildman–Crippen MR) is 90.4 cm³/mol. The molecule has 0 aliphatic heterocycles. The molecule has 0 bridgehead atoms. The van der Waals surface area contributed by atoms with Gasteiger partial charge in [0.05, 0.1) is 7.11 Å².